The smallest absolute Gasteiger partial charge is 0.328 e. The Morgan fingerprint density at radius 1 is 1.33 bits per heavy atom. The normalized spacial score (nSPS) is 14.0. The zero-order valence-electron chi connectivity index (χ0n) is 13.8. The van der Waals surface area contributed by atoms with Gasteiger partial charge in [-0.1, -0.05) is 30.3 Å². The first-order chi connectivity index (χ1) is 11.0. The van der Waals surface area contributed by atoms with E-state index in [2.05, 4.69) is 5.32 Å². The lowest BCUT2D eigenvalue weighted by atomic mass is 10.2. The molecule has 0 aliphatic carbocycles. The molecule has 136 valence electrons. The third-order valence-electron chi connectivity index (χ3n) is 3.09. The third kappa shape index (κ3) is 8.01. The standard InChI is InChI=1S/C16H24N2O4S.ClH/c1-3-22-16(21)11(2)18-15(20)14(19)13(17)10-23-9-12-7-5-4-6-8-12;/h4-8,11,13-14,19H,3,9-10,17H2,1-2H3,(H,18,20);1H/t11?,13?,14-;/m0./s1. The Labute approximate surface area is 152 Å². The Balaban J connectivity index is 0.00000529. The van der Waals surface area contributed by atoms with Gasteiger partial charge in [0.05, 0.1) is 6.61 Å². The summed E-state index contributed by atoms with van der Waals surface area (Å²) in [5.41, 5.74) is 7.00. The molecule has 4 N–H and O–H groups in total. The number of nitrogens with one attached hydrogen (secondary N) is 1. The topological polar surface area (TPSA) is 102 Å². The summed E-state index contributed by atoms with van der Waals surface area (Å²) in [5.74, 6) is -0.0298. The Bertz CT molecular complexity index is 504. The highest BCUT2D eigenvalue weighted by Crippen LogP contribution is 2.13. The summed E-state index contributed by atoms with van der Waals surface area (Å²) in [6.45, 7) is 3.41. The fraction of sp³-hybridized carbons (Fsp3) is 0.500. The second-order valence-corrected chi connectivity index (χ2v) is 6.12. The molecule has 0 aromatic heterocycles. The van der Waals surface area contributed by atoms with Gasteiger partial charge in [0, 0.05) is 17.5 Å². The fourth-order valence-electron chi connectivity index (χ4n) is 1.80. The molecule has 0 saturated heterocycles. The third-order valence-corrected chi connectivity index (χ3v) is 4.25. The van der Waals surface area contributed by atoms with Crippen LogP contribution >= 0.6 is 24.2 Å². The highest BCUT2D eigenvalue weighted by Gasteiger charge is 2.26. The van der Waals surface area contributed by atoms with Crippen molar-refractivity contribution < 1.29 is 19.4 Å². The quantitative estimate of drug-likeness (QED) is 0.558. The number of ether oxygens (including phenoxy) is 1. The number of nitrogens with two attached hydrogens (primary N) is 1. The van der Waals surface area contributed by atoms with Crippen LogP contribution in [0.2, 0.25) is 0 Å². The summed E-state index contributed by atoms with van der Waals surface area (Å²) in [6.07, 6.45) is -1.37. The minimum absolute atomic E-state index is 0. The maximum atomic E-state index is 11.9. The minimum Gasteiger partial charge on any atom is -0.464 e. The van der Waals surface area contributed by atoms with Crippen molar-refractivity contribution in [3.8, 4) is 0 Å². The van der Waals surface area contributed by atoms with Crippen molar-refractivity contribution in [3.63, 3.8) is 0 Å². The molecule has 0 saturated carbocycles. The van der Waals surface area contributed by atoms with Gasteiger partial charge in [-0.3, -0.25) is 4.79 Å². The van der Waals surface area contributed by atoms with Crippen LogP contribution < -0.4 is 11.1 Å². The maximum Gasteiger partial charge on any atom is 0.328 e. The number of thioether (sulfide) groups is 1. The molecule has 0 aliphatic heterocycles. The molecule has 24 heavy (non-hydrogen) atoms. The molecule has 8 heteroatoms. The van der Waals surface area contributed by atoms with Crippen LogP contribution in [0, 0.1) is 0 Å². The lowest BCUT2D eigenvalue weighted by Crippen LogP contribution is -2.51. The van der Waals surface area contributed by atoms with Crippen LogP contribution in [0.5, 0.6) is 0 Å². The number of amides is 1. The molecule has 1 aromatic carbocycles. The number of aliphatic hydroxyl groups excluding tert-OH is 1. The zero-order valence-corrected chi connectivity index (χ0v) is 15.4. The van der Waals surface area contributed by atoms with Crippen molar-refractivity contribution in [2.45, 2.75) is 37.8 Å². The number of rotatable bonds is 9. The first-order valence-corrected chi connectivity index (χ1v) is 8.63. The molecule has 0 radical (unpaired) electrons. The van der Waals surface area contributed by atoms with Crippen LogP contribution in [0.4, 0.5) is 0 Å². The lowest BCUT2D eigenvalue weighted by Gasteiger charge is -2.20. The SMILES string of the molecule is CCOC(=O)C(C)NC(=O)[C@@H](O)C(N)CSCc1ccccc1.Cl. The largest absolute Gasteiger partial charge is 0.464 e. The zero-order chi connectivity index (χ0) is 17.2. The van der Waals surface area contributed by atoms with E-state index >= 15 is 0 Å². The Hall–Kier alpha value is -1.28. The predicted molar refractivity (Wildman–Crippen MR) is 98.1 cm³/mol. The monoisotopic (exact) mass is 376 g/mol. The van der Waals surface area contributed by atoms with Crippen molar-refractivity contribution in [3.05, 3.63) is 35.9 Å². The van der Waals surface area contributed by atoms with Crippen LogP contribution in [0.15, 0.2) is 30.3 Å². The van der Waals surface area contributed by atoms with E-state index < -0.39 is 30.1 Å². The molecular weight excluding hydrogens is 352 g/mol. The molecule has 2 unspecified atom stereocenters. The van der Waals surface area contributed by atoms with Gasteiger partial charge in [-0.15, -0.1) is 12.4 Å². The fourth-order valence-corrected chi connectivity index (χ4v) is 2.80. The molecule has 0 bridgehead atoms. The highest BCUT2D eigenvalue weighted by molar-refractivity contribution is 7.98. The number of esters is 1. The van der Waals surface area contributed by atoms with Crippen LogP contribution in [0.25, 0.3) is 0 Å². The van der Waals surface area contributed by atoms with E-state index in [-0.39, 0.29) is 19.0 Å². The van der Waals surface area contributed by atoms with E-state index in [0.29, 0.717) is 5.75 Å². The van der Waals surface area contributed by atoms with Gasteiger partial charge >= 0.3 is 5.97 Å². The molecule has 3 atom stereocenters. The molecule has 1 aromatic rings. The van der Waals surface area contributed by atoms with Gasteiger partial charge in [0.1, 0.15) is 12.1 Å². The first kappa shape index (κ1) is 22.7. The summed E-state index contributed by atoms with van der Waals surface area (Å²) in [7, 11) is 0. The number of carbonyl (C=O) groups excluding carboxylic acids is 2. The molecular formula is C16H25ClN2O4S. The summed E-state index contributed by atoms with van der Waals surface area (Å²) in [4.78, 5) is 23.3. The van der Waals surface area contributed by atoms with Crippen LogP contribution in [0.3, 0.4) is 0 Å². The van der Waals surface area contributed by atoms with Crippen molar-refractivity contribution in [2.75, 3.05) is 12.4 Å². The van der Waals surface area contributed by atoms with E-state index in [0.717, 1.165) is 11.3 Å². The van der Waals surface area contributed by atoms with Gasteiger partial charge in [0.25, 0.3) is 5.91 Å². The van der Waals surface area contributed by atoms with E-state index in [1.165, 1.54) is 18.7 Å². The average Bonchev–Trinajstić information content (AvgIpc) is 2.55. The van der Waals surface area contributed by atoms with E-state index in [1.807, 2.05) is 30.3 Å². The van der Waals surface area contributed by atoms with Crippen molar-refractivity contribution >= 4 is 36.0 Å². The van der Waals surface area contributed by atoms with Gasteiger partial charge in [-0.2, -0.15) is 11.8 Å². The molecule has 0 spiro atoms. The lowest BCUT2D eigenvalue weighted by molar-refractivity contribution is -0.148. The van der Waals surface area contributed by atoms with Crippen LogP contribution in [0.1, 0.15) is 19.4 Å². The molecule has 6 nitrogen and oxygen atoms in total. The molecule has 0 fully saturated rings. The Morgan fingerprint density at radius 2 is 1.96 bits per heavy atom. The first-order valence-electron chi connectivity index (χ1n) is 7.48. The second kappa shape index (κ2) is 12.1. The number of benzene rings is 1. The second-order valence-electron chi connectivity index (χ2n) is 5.09. The summed E-state index contributed by atoms with van der Waals surface area (Å²) in [6, 6.07) is 8.33. The molecule has 1 rings (SSSR count). The van der Waals surface area contributed by atoms with Gasteiger partial charge in [-0.05, 0) is 19.4 Å². The van der Waals surface area contributed by atoms with E-state index in [1.54, 1.807) is 6.92 Å². The van der Waals surface area contributed by atoms with Crippen LogP contribution in [-0.4, -0.2) is 47.5 Å². The number of carbonyl (C=O) groups is 2. The number of hydrogen-bond donors (Lipinski definition) is 3. The van der Waals surface area contributed by atoms with Crippen LogP contribution in [-0.2, 0) is 20.1 Å². The molecule has 1 amide bonds. The summed E-state index contributed by atoms with van der Waals surface area (Å²) < 4.78 is 4.79. The van der Waals surface area contributed by atoms with E-state index in [9.17, 15) is 14.7 Å². The van der Waals surface area contributed by atoms with Gasteiger partial charge < -0.3 is 20.9 Å². The average molecular weight is 377 g/mol. The molecule has 0 aliphatic rings. The van der Waals surface area contributed by atoms with Crippen molar-refractivity contribution in [1.82, 2.24) is 5.32 Å². The Morgan fingerprint density at radius 3 is 2.54 bits per heavy atom. The predicted octanol–water partition coefficient (Wildman–Crippen LogP) is 1.10. The number of hydrogen-bond acceptors (Lipinski definition) is 6. The number of aliphatic hydroxyl groups is 1. The minimum atomic E-state index is -1.37. The van der Waals surface area contributed by atoms with Crippen molar-refractivity contribution in [1.29, 1.82) is 0 Å². The highest BCUT2D eigenvalue weighted by atomic mass is 35.5. The Kier molecular flexibility index (Phi) is 11.5. The maximum absolute atomic E-state index is 11.9. The summed E-state index contributed by atoms with van der Waals surface area (Å²) in [5, 5.41) is 12.3. The molecule has 0 heterocycles. The van der Waals surface area contributed by atoms with Gasteiger partial charge in [0.2, 0.25) is 0 Å². The van der Waals surface area contributed by atoms with Gasteiger partial charge in [0.15, 0.2) is 0 Å². The van der Waals surface area contributed by atoms with E-state index in [4.69, 9.17) is 10.5 Å². The summed E-state index contributed by atoms with van der Waals surface area (Å²) >= 11 is 1.54. The number of halogens is 1. The van der Waals surface area contributed by atoms with Crippen molar-refractivity contribution in [2.24, 2.45) is 5.73 Å². The van der Waals surface area contributed by atoms with Gasteiger partial charge in [-0.25, -0.2) is 4.79 Å².